The summed E-state index contributed by atoms with van der Waals surface area (Å²) in [5.41, 5.74) is 1.52. The summed E-state index contributed by atoms with van der Waals surface area (Å²) in [5, 5.41) is 8.70. The van der Waals surface area contributed by atoms with Crippen LogP contribution in [0.4, 0.5) is 10.8 Å². The largest absolute Gasteiger partial charge is 0.497 e. The molecule has 0 spiro atoms. The van der Waals surface area contributed by atoms with Gasteiger partial charge >= 0.3 is 0 Å². The highest BCUT2D eigenvalue weighted by atomic mass is 32.1. The van der Waals surface area contributed by atoms with Crippen molar-refractivity contribution in [3.63, 3.8) is 0 Å². The van der Waals surface area contributed by atoms with E-state index in [1.807, 2.05) is 23.6 Å². The summed E-state index contributed by atoms with van der Waals surface area (Å²) < 4.78 is 10.6. The molecule has 0 aliphatic rings. The fraction of sp³-hybridized carbons (Fsp3) is 0.412. The Morgan fingerprint density at radius 3 is 2.83 bits per heavy atom. The minimum absolute atomic E-state index is 0.000684. The van der Waals surface area contributed by atoms with E-state index in [2.05, 4.69) is 22.5 Å². The summed E-state index contributed by atoms with van der Waals surface area (Å²) in [5.74, 6) is 1.43. The van der Waals surface area contributed by atoms with Gasteiger partial charge in [-0.05, 0) is 18.6 Å². The predicted molar refractivity (Wildman–Crippen MR) is 96.6 cm³/mol. The normalized spacial score (nSPS) is 10.3. The van der Waals surface area contributed by atoms with Gasteiger partial charge in [-0.25, -0.2) is 4.98 Å². The molecule has 24 heavy (non-hydrogen) atoms. The van der Waals surface area contributed by atoms with Crippen molar-refractivity contribution in [2.75, 3.05) is 26.1 Å². The van der Waals surface area contributed by atoms with Crippen molar-refractivity contribution in [2.45, 2.75) is 26.2 Å². The Morgan fingerprint density at radius 2 is 2.12 bits per heavy atom. The molecule has 0 radical (unpaired) electrons. The van der Waals surface area contributed by atoms with Gasteiger partial charge < -0.3 is 20.1 Å². The third-order valence-corrected chi connectivity index (χ3v) is 4.20. The highest BCUT2D eigenvalue weighted by Crippen LogP contribution is 2.32. The van der Waals surface area contributed by atoms with Gasteiger partial charge in [0.2, 0.25) is 5.91 Å². The molecule has 1 aromatic heterocycles. The molecule has 0 saturated carbocycles. The molecule has 0 aliphatic heterocycles. The Bertz CT molecular complexity index is 673. The molecule has 130 valence electrons. The topological polar surface area (TPSA) is 72.5 Å². The van der Waals surface area contributed by atoms with Crippen LogP contribution < -0.4 is 20.1 Å². The van der Waals surface area contributed by atoms with Crippen molar-refractivity contribution in [3.05, 3.63) is 29.3 Å². The van der Waals surface area contributed by atoms with E-state index in [1.165, 1.54) is 11.3 Å². The summed E-state index contributed by atoms with van der Waals surface area (Å²) >= 11 is 1.45. The Labute approximate surface area is 146 Å². The van der Waals surface area contributed by atoms with Crippen LogP contribution in [-0.2, 0) is 11.2 Å². The number of anilines is 2. The van der Waals surface area contributed by atoms with Gasteiger partial charge in [0.05, 0.1) is 32.0 Å². The molecule has 1 aromatic carbocycles. The van der Waals surface area contributed by atoms with Crippen LogP contribution in [0.3, 0.4) is 0 Å². The SMILES string of the molecule is CCCCNC(=O)Cc1csc(Nc2cc(OC)ccc2OC)n1. The standard InChI is InChI=1S/C17H23N3O3S/c1-4-5-8-18-16(21)9-12-11-24-17(19-12)20-14-10-13(22-2)6-7-15(14)23-3/h6-7,10-11H,4-5,8-9H2,1-3H3,(H,18,21)(H,19,20). The van der Waals surface area contributed by atoms with Gasteiger partial charge in [0, 0.05) is 18.0 Å². The van der Waals surface area contributed by atoms with Crippen LogP contribution in [0.2, 0.25) is 0 Å². The number of carbonyl (C=O) groups excluding carboxylic acids is 1. The van der Waals surface area contributed by atoms with Gasteiger partial charge in [0.15, 0.2) is 5.13 Å². The second-order valence-corrected chi connectivity index (χ2v) is 6.07. The number of methoxy groups -OCH3 is 2. The molecule has 2 aromatic rings. The Morgan fingerprint density at radius 1 is 1.29 bits per heavy atom. The zero-order chi connectivity index (χ0) is 17.4. The van der Waals surface area contributed by atoms with Crippen LogP contribution in [-0.4, -0.2) is 31.7 Å². The number of nitrogens with one attached hydrogen (secondary N) is 2. The number of nitrogens with zero attached hydrogens (tertiary/aromatic N) is 1. The first kappa shape index (κ1) is 18.1. The second-order valence-electron chi connectivity index (χ2n) is 5.22. The maximum Gasteiger partial charge on any atom is 0.226 e. The minimum atomic E-state index is -0.000684. The zero-order valence-electron chi connectivity index (χ0n) is 14.2. The first-order chi connectivity index (χ1) is 11.7. The van der Waals surface area contributed by atoms with Gasteiger partial charge in [-0.3, -0.25) is 4.79 Å². The monoisotopic (exact) mass is 349 g/mol. The molecule has 7 heteroatoms. The van der Waals surface area contributed by atoms with Crippen LogP contribution in [0.15, 0.2) is 23.6 Å². The number of rotatable bonds is 9. The van der Waals surface area contributed by atoms with Gasteiger partial charge in [0.25, 0.3) is 0 Å². The van der Waals surface area contributed by atoms with Crippen molar-refractivity contribution in [2.24, 2.45) is 0 Å². The highest BCUT2D eigenvalue weighted by Gasteiger charge is 2.10. The summed E-state index contributed by atoms with van der Waals surface area (Å²) in [7, 11) is 3.23. The molecule has 0 bridgehead atoms. The number of unbranched alkanes of at least 4 members (excludes halogenated alkanes) is 1. The predicted octanol–water partition coefficient (Wildman–Crippen LogP) is 3.36. The van der Waals surface area contributed by atoms with E-state index in [0.717, 1.165) is 30.0 Å². The van der Waals surface area contributed by atoms with Crippen molar-refractivity contribution in [3.8, 4) is 11.5 Å². The van der Waals surface area contributed by atoms with E-state index in [0.29, 0.717) is 17.4 Å². The van der Waals surface area contributed by atoms with Crippen molar-refractivity contribution < 1.29 is 14.3 Å². The maximum absolute atomic E-state index is 11.8. The lowest BCUT2D eigenvalue weighted by atomic mass is 10.2. The van der Waals surface area contributed by atoms with E-state index in [1.54, 1.807) is 14.2 Å². The number of carbonyl (C=O) groups is 1. The van der Waals surface area contributed by atoms with E-state index >= 15 is 0 Å². The van der Waals surface area contributed by atoms with Crippen molar-refractivity contribution >= 4 is 28.1 Å². The van der Waals surface area contributed by atoms with E-state index in [4.69, 9.17) is 9.47 Å². The number of thiazole rings is 1. The summed E-state index contributed by atoms with van der Waals surface area (Å²) in [6.45, 7) is 2.81. The average molecular weight is 349 g/mol. The number of ether oxygens (including phenoxy) is 2. The summed E-state index contributed by atoms with van der Waals surface area (Å²) in [6.07, 6.45) is 2.34. The van der Waals surface area contributed by atoms with Crippen LogP contribution in [0.25, 0.3) is 0 Å². The molecule has 0 saturated heterocycles. The van der Waals surface area contributed by atoms with Gasteiger partial charge in [-0.15, -0.1) is 11.3 Å². The molecule has 0 unspecified atom stereocenters. The molecule has 2 N–H and O–H groups in total. The highest BCUT2D eigenvalue weighted by molar-refractivity contribution is 7.13. The average Bonchev–Trinajstić information content (AvgIpc) is 3.01. The third-order valence-electron chi connectivity index (χ3n) is 3.39. The molecular formula is C17H23N3O3S. The number of amides is 1. The molecule has 1 heterocycles. The summed E-state index contributed by atoms with van der Waals surface area (Å²) in [4.78, 5) is 16.3. The smallest absolute Gasteiger partial charge is 0.226 e. The van der Waals surface area contributed by atoms with Crippen LogP contribution >= 0.6 is 11.3 Å². The lowest BCUT2D eigenvalue weighted by Crippen LogP contribution is -2.26. The molecule has 0 fully saturated rings. The maximum atomic E-state index is 11.8. The van der Waals surface area contributed by atoms with Crippen molar-refractivity contribution in [1.82, 2.24) is 10.3 Å². The fourth-order valence-electron chi connectivity index (χ4n) is 2.10. The van der Waals surface area contributed by atoms with Gasteiger partial charge in [-0.1, -0.05) is 13.3 Å². The number of benzene rings is 1. The summed E-state index contributed by atoms with van der Waals surface area (Å²) in [6, 6.07) is 5.51. The second kappa shape index (κ2) is 9.12. The third kappa shape index (κ3) is 5.13. The Balaban J connectivity index is 2.00. The van der Waals surface area contributed by atoms with Crippen LogP contribution in [0.5, 0.6) is 11.5 Å². The number of hydrogen-bond acceptors (Lipinski definition) is 6. The van der Waals surface area contributed by atoms with Gasteiger partial charge in [0.1, 0.15) is 11.5 Å². The number of aromatic nitrogens is 1. The van der Waals surface area contributed by atoms with E-state index < -0.39 is 0 Å². The van der Waals surface area contributed by atoms with E-state index in [9.17, 15) is 4.79 Å². The molecule has 1 amide bonds. The van der Waals surface area contributed by atoms with Crippen molar-refractivity contribution in [1.29, 1.82) is 0 Å². The molecule has 0 atom stereocenters. The van der Waals surface area contributed by atoms with Gasteiger partial charge in [-0.2, -0.15) is 0 Å². The molecule has 2 rings (SSSR count). The Hall–Kier alpha value is -2.28. The van der Waals surface area contributed by atoms with Crippen LogP contribution in [0, 0.1) is 0 Å². The minimum Gasteiger partial charge on any atom is -0.497 e. The quantitative estimate of drug-likeness (QED) is 0.679. The van der Waals surface area contributed by atoms with Crippen LogP contribution in [0.1, 0.15) is 25.5 Å². The fourth-order valence-corrected chi connectivity index (χ4v) is 2.83. The zero-order valence-corrected chi connectivity index (χ0v) is 15.0. The lowest BCUT2D eigenvalue weighted by Gasteiger charge is -2.10. The lowest BCUT2D eigenvalue weighted by molar-refractivity contribution is -0.120. The molecular weight excluding hydrogens is 326 g/mol. The van der Waals surface area contributed by atoms with E-state index in [-0.39, 0.29) is 12.3 Å². The Kier molecular flexibility index (Phi) is 6.87. The number of hydrogen-bond donors (Lipinski definition) is 2. The molecule has 6 nitrogen and oxygen atoms in total. The first-order valence-corrected chi connectivity index (χ1v) is 8.74. The molecule has 0 aliphatic carbocycles. The first-order valence-electron chi connectivity index (χ1n) is 7.86.